The number of anilines is 2. The number of hydrogen-bond acceptors (Lipinski definition) is 8. The van der Waals surface area contributed by atoms with Gasteiger partial charge in [0.2, 0.25) is 0 Å². The first-order valence-electron chi connectivity index (χ1n) is 9.51. The van der Waals surface area contributed by atoms with Crippen molar-refractivity contribution in [1.82, 2.24) is 0 Å². The summed E-state index contributed by atoms with van der Waals surface area (Å²) in [6.07, 6.45) is 1.67. The van der Waals surface area contributed by atoms with Crippen LogP contribution in [0.2, 0.25) is 0 Å². The predicted octanol–water partition coefficient (Wildman–Crippen LogP) is 3.85. The monoisotopic (exact) mass is 457 g/mol. The number of rotatable bonds is 5. The maximum atomic E-state index is 13.2. The fourth-order valence-corrected chi connectivity index (χ4v) is 4.77. The largest absolute Gasteiger partial charge is 0.495 e. The van der Waals surface area contributed by atoms with Crippen LogP contribution in [-0.2, 0) is 9.53 Å². The quantitative estimate of drug-likeness (QED) is 0.290. The molecule has 8 nitrogen and oxygen atoms in total. The van der Waals surface area contributed by atoms with Crippen molar-refractivity contribution in [2.75, 3.05) is 43.2 Å². The molecule has 0 atom stereocenters. The second kappa shape index (κ2) is 9.04. The summed E-state index contributed by atoms with van der Waals surface area (Å²) in [4.78, 5) is 28.0. The summed E-state index contributed by atoms with van der Waals surface area (Å²) in [5.41, 5.74) is 1.93. The van der Waals surface area contributed by atoms with E-state index in [9.17, 15) is 14.9 Å². The summed E-state index contributed by atoms with van der Waals surface area (Å²) in [5.74, 6) is 0.239. The Hall–Kier alpha value is -2.95. The molecule has 0 N–H and O–H groups in total. The number of hydrogen-bond donors (Lipinski definition) is 0. The first-order chi connectivity index (χ1) is 15.0. The molecule has 0 bridgehead atoms. The van der Waals surface area contributed by atoms with E-state index in [1.165, 1.54) is 24.1 Å². The summed E-state index contributed by atoms with van der Waals surface area (Å²) in [6, 6.07) is 11.8. The molecule has 0 aliphatic carbocycles. The number of para-hydroxylation sites is 2. The van der Waals surface area contributed by atoms with Gasteiger partial charge < -0.3 is 14.4 Å². The second-order valence-corrected chi connectivity index (χ2v) is 8.46. The van der Waals surface area contributed by atoms with Crippen molar-refractivity contribution in [3.05, 3.63) is 63.0 Å². The molecule has 2 aliphatic heterocycles. The summed E-state index contributed by atoms with van der Waals surface area (Å²) < 4.78 is 11.2. The number of morpholine rings is 1. The van der Waals surface area contributed by atoms with E-state index >= 15 is 0 Å². The van der Waals surface area contributed by atoms with E-state index in [0.717, 1.165) is 17.4 Å². The Labute approximate surface area is 188 Å². The van der Waals surface area contributed by atoms with E-state index in [1.807, 2.05) is 6.07 Å². The number of nitro groups is 1. The van der Waals surface area contributed by atoms with E-state index in [2.05, 4.69) is 4.90 Å². The van der Waals surface area contributed by atoms with Gasteiger partial charge in [-0.1, -0.05) is 36.1 Å². The summed E-state index contributed by atoms with van der Waals surface area (Å²) in [6.45, 7) is 2.49. The van der Waals surface area contributed by atoms with Gasteiger partial charge in [0.05, 0.1) is 35.8 Å². The number of carbonyl (C=O) groups is 1. The molecule has 2 aromatic carbocycles. The minimum atomic E-state index is -0.444. The first kappa shape index (κ1) is 21.3. The van der Waals surface area contributed by atoms with Crippen molar-refractivity contribution >= 4 is 57.3 Å². The second-order valence-electron chi connectivity index (χ2n) is 6.79. The van der Waals surface area contributed by atoms with Crippen LogP contribution < -0.4 is 14.5 Å². The SMILES string of the molecule is COc1ccccc1N1C(=O)/C(=C/c2cc([N+](=O)[O-])ccc2N2CCOCC2)SC1=S. The van der Waals surface area contributed by atoms with Crippen molar-refractivity contribution in [3.8, 4) is 5.75 Å². The van der Waals surface area contributed by atoms with Crippen LogP contribution in [0.4, 0.5) is 17.1 Å². The molecule has 2 heterocycles. The third-order valence-corrected chi connectivity index (χ3v) is 6.28. The van der Waals surface area contributed by atoms with Crippen LogP contribution in [-0.4, -0.2) is 48.6 Å². The highest BCUT2D eigenvalue weighted by molar-refractivity contribution is 8.27. The minimum Gasteiger partial charge on any atom is -0.495 e. The number of carbonyl (C=O) groups excluding carboxylic acids is 1. The van der Waals surface area contributed by atoms with Crippen molar-refractivity contribution in [3.63, 3.8) is 0 Å². The Morgan fingerprint density at radius 1 is 1.19 bits per heavy atom. The first-order valence-corrected chi connectivity index (χ1v) is 10.7. The Kier molecular flexibility index (Phi) is 6.21. The number of thiocarbonyl (C=S) groups is 1. The van der Waals surface area contributed by atoms with Gasteiger partial charge in [-0.3, -0.25) is 19.8 Å². The van der Waals surface area contributed by atoms with Gasteiger partial charge in [-0.05, 0) is 24.3 Å². The van der Waals surface area contributed by atoms with Gasteiger partial charge in [0.25, 0.3) is 11.6 Å². The van der Waals surface area contributed by atoms with E-state index in [1.54, 1.807) is 30.3 Å². The van der Waals surface area contributed by atoms with Crippen LogP contribution in [0.1, 0.15) is 5.56 Å². The molecular weight excluding hydrogens is 438 g/mol. The van der Waals surface area contributed by atoms with Crippen molar-refractivity contribution in [2.24, 2.45) is 0 Å². The van der Waals surface area contributed by atoms with E-state index in [-0.39, 0.29) is 11.6 Å². The maximum absolute atomic E-state index is 13.2. The van der Waals surface area contributed by atoms with Crippen LogP contribution in [0.15, 0.2) is 47.4 Å². The van der Waals surface area contributed by atoms with Gasteiger partial charge in [0.15, 0.2) is 4.32 Å². The predicted molar refractivity (Wildman–Crippen MR) is 125 cm³/mol. The van der Waals surface area contributed by atoms with Crippen LogP contribution >= 0.6 is 24.0 Å². The highest BCUT2D eigenvalue weighted by atomic mass is 32.2. The van der Waals surface area contributed by atoms with Crippen LogP contribution in [0.5, 0.6) is 5.75 Å². The number of nitrogens with zero attached hydrogens (tertiary/aromatic N) is 3. The molecule has 0 spiro atoms. The number of amides is 1. The standard InChI is InChI=1S/C21H19N3O5S2/c1-28-18-5-3-2-4-17(18)23-20(25)19(31-21(23)30)13-14-12-15(24(26)27)6-7-16(14)22-8-10-29-11-9-22/h2-7,12-13H,8-11H2,1H3/b19-13-. The van der Waals surface area contributed by atoms with Gasteiger partial charge in [-0.25, -0.2) is 0 Å². The molecule has 0 aromatic heterocycles. The topological polar surface area (TPSA) is 85.1 Å². The summed E-state index contributed by atoms with van der Waals surface area (Å²) in [7, 11) is 1.53. The van der Waals surface area contributed by atoms with Gasteiger partial charge in [0, 0.05) is 36.5 Å². The van der Waals surface area contributed by atoms with E-state index < -0.39 is 4.92 Å². The lowest BCUT2D eigenvalue weighted by Gasteiger charge is -2.30. The normalized spacial score (nSPS) is 18.0. The minimum absolute atomic E-state index is 0.0385. The molecule has 2 saturated heterocycles. The number of thioether (sulfide) groups is 1. The molecule has 2 aliphatic rings. The Morgan fingerprint density at radius 3 is 2.65 bits per heavy atom. The fraction of sp³-hybridized carbons (Fsp3) is 0.238. The number of benzene rings is 2. The van der Waals surface area contributed by atoms with Crippen LogP contribution in [0, 0.1) is 10.1 Å². The molecular formula is C21H19N3O5S2. The Morgan fingerprint density at radius 2 is 1.94 bits per heavy atom. The fourth-order valence-electron chi connectivity index (χ4n) is 3.49. The lowest BCUT2D eigenvalue weighted by molar-refractivity contribution is -0.384. The molecule has 0 unspecified atom stereocenters. The molecule has 2 aromatic rings. The highest BCUT2D eigenvalue weighted by Crippen LogP contribution is 2.40. The molecule has 10 heteroatoms. The molecule has 4 rings (SSSR count). The molecule has 31 heavy (non-hydrogen) atoms. The van der Waals surface area contributed by atoms with E-state index in [4.69, 9.17) is 21.7 Å². The Balaban J connectivity index is 1.74. The number of ether oxygens (including phenoxy) is 2. The summed E-state index contributed by atoms with van der Waals surface area (Å²) in [5, 5.41) is 11.3. The highest BCUT2D eigenvalue weighted by Gasteiger charge is 2.35. The van der Waals surface area contributed by atoms with Crippen LogP contribution in [0.3, 0.4) is 0 Å². The zero-order valence-corrected chi connectivity index (χ0v) is 18.3. The van der Waals surface area contributed by atoms with Gasteiger partial charge in [-0.2, -0.15) is 0 Å². The molecule has 160 valence electrons. The summed E-state index contributed by atoms with van der Waals surface area (Å²) >= 11 is 6.62. The Bertz CT molecular complexity index is 1080. The average molecular weight is 458 g/mol. The van der Waals surface area contributed by atoms with Crippen molar-refractivity contribution in [1.29, 1.82) is 0 Å². The number of non-ortho nitro benzene ring substituents is 1. The number of methoxy groups -OCH3 is 1. The molecule has 1 amide bonds. The molecule has 0 radical (unpaired) electrons. The third kappa shape index (κ3) is 4.27. The zero-order valence-electron chi connectivity index (χ0n) is 16.6. The maximum Gasteiger partial charge on any atom is 0.270 e. The average Bonchev–Trinajstić information content (AvgIpc) is 3.06. The van der Waals surface area contributed by atoms with Crippen molar-refractivity contribution < 1.29 is 19.2 Å². The lowest BCUT2D eigenvalue weighted by atomic mass is 10.1. The zero-order chi connectivity index (χ0) is 22.0. The van der Waals surface area contributed by atoms with E-state index in [0.29, 0.717) is 52.5 Å². The molecule has 0 saturated carbocycles. The smallest absolute Gasteiger partial charge is 0.270 e. The molecule has 2 fully saturated rings. The van der Waals surface area contributed by atoms with Gasteiger partial charge in [-0.15, -0.1) is 0 Å². The van der Waals surface area contributed by atoms with Crippen LogP contribution in [0.25, 0.3) is 6.08 Å². The lowest BCUT2D eigenvalue weighted by Crippen LogP contribution is -2.36. The number of nitro benzene ring substituents is 1. The van der Waals surface area contributed by atoms with Gasteiger partial charge >= 0.3 is 0 Å². The third-order valence-electron chi connectivity index (χ3n) is 4.98. The van der Waals surface area contributed by atoms with Crippen molar-refractivity contribution in [2.45, 2.75) is 0 Å². The van der Waals surface area contributed by atoms with Gasteiger partial charge in [0.1, 0.15) is 5.75 Å².